The van der Waals surface area contributed by atoms with Crippen molar-refractivity contribution in [1.29, 1.82) is 0 Å². The fourth-order valence-electron chi connectivity index (χ4n) is 2.94. The van der Waals surface area contributed by atoms with Crippen molar-refractivity contribution >= 4 is 45.3 Å². The number of carbonyl (C=O) groups excluding carboxylic acids is 1. The molecule has 146 valence electrons. The number of anilines is 1. The van der Waals surface area contributed by atoms with Gasteiger partial charge in [-0.1, -0.05) is 12.1 Å². The molecule has 6 nitrogen and oxygen atoms in total. The van der Waals surface area contributed by atoms with E-state index >= 15 is 0 Å². The van der Waals surface area contributed by atoms with Crippen LogP contribution < -0.4 is 14.8 Å². The van der Waals surface area contributed by atoms with Crippen LogP contribution in [0.15, 0.2) is 65.1 Å². The number of nitrogens with zero attached hydrogens (tertiary/aromatic N) is 1. The van der Waals surface area contributed by atoms with Crippen molar-refractivity contribution in [2.45, 2.75) is 0 Å². The van der Waals surface area contributed by atoms with E-state index in [1.807, 2.05) is 30.3 Å². The van der Waals surface area contributed by atoms with Gasteiger partial charge in [-0.2, -0.15) is 0 Å². The van der Waals surface area contributed by atoms with E-state index in [0.717, 1.165) is 9.13 Å². The molecule has 1 amide bonds. The summed E-state index contributed by atoms with van der Waals surface area (Å²) in [6, 6.07) is 18.3. The van der Waals surface area contributed by atoms with E-state index in [4.69, 9.17) is 13.9 Å². The van der Waals surface area contributed by atoms with Gasteiger partial charge in [-0.05, 0) is 71.1 Å². The SMILES string of the molecule is COc1ccc(-c2nc3cc(NC(=O)c4ccccc4I)ccc3o2)cc1OC. The number of hydrogen-bond acceptors (Lipinski definition) is 5. The van der Waals surface area contributed by atoms with Gasteiger partial charge in [-0.3, -0.25) is 4.79 Å². The summed E-state index contributed by atoms with van der Waals surface area (Å²) in [4.78, 5) is 17.1. The zero-order chi connectivity index (χ0) is 20.4. The monoisotopic (exact) mass is 500 g/mol. The first-order valence-electron chi connectivity index (χ1n) is 8.78. The molecule has 0 aliphatic rings. The number of methoxy groups -OCH3 is 2. The van der Waals surface area contributed by atoms with E-state index in [2.05, 4.69) is 32.9 Å². The van der Waals surface area contributed by atoms with E-state index in [1.54, 1.807) is 44.6 Å². The first kappa shape index (κ1) is 19.3. The number of fused-ring (bicyclic) bond motifs is 1. The van der Waals surface area contributed by atoms with Crippen LogP contribution in [0.3, 0.4) is 0 Å². The Balaban J connectivity index is 1.63. The number of aromatic nitrogens is 1. The third-order valence-corrected chi connectivity index (χ3v) is 5.34. The van der Waals surface area contributed by atoms with Gasteiger partial charge in [0, 0.05) is 14.8 Å². The van der Waals surface area contributed by atoms with Gasteiger partial charge in [-0.15, -0.1) is 0 Å². The Labute approximate surface area is 181 Å². The molecule has 0 unspecified atom stereocenters. The van der Waals surface area contributed by atoms with Gasteiger partial charge in [0.15, 0.2) is 17.1 Å². The van der Waals surface area contributed by atoms with Crippen LogP contribution in [0.5, 0.6) is 11.5 Å². The van der Waals surface area contributed by atoms with Gasteiger partial charge in [0.1, 0.15) is 5.52 Å². The van der Waals surface area contributed by atoms with E-state index in [0.29, 0.717) is 39.7 Å². The summed E-state index contributed by atoms with van der Waals surface area (Å²) in [5.41, 5.74) is 3.31. The maximum atomic E-state index is 12.5. The zero-order valence-corrected chi connectivity index (χ0v) is 17.9. The second kappa shape index (κ2) is 8.12. The van der Waals surface area contributed by atoms with Gasteiger partial charge in [0.2, 0.25) is 5.89 Å². The van der Waals surface area contributed by atoms with E-state index in [9.17, 15) is 4.79 Å². The lowest BCUT2D eigenvalue weighted by molar-refractivity contribution is 0.102. The number of hydrogen-bond donors (Lipinski definition) is 1. The molecule has 3 aromatic carbocycles. The van der Waals surface area contributed by atoms with Crippen LogP contribution in [-0.4, -0.2) is 25.1 Å². The lowest BCUT2D eigenvalue weighted by Crippen LogP contribution is -2.13. The molecule has 0 atom stereocenters. The Hall–Kier alpha value is -3.07. The summed E-state index contributed by atoms with van der Waals surface area (Å²) >= 11 is 2.15. The number of amides is 1. The number of carbonyl (C=O) groups is 1. The molecule has 0 fully saturated rings. The van der Waals surface area contributed by atoms with Crippen LogP contribution in [0.2, 0.25) is 0 Å². The first-order chi connectivity index (χ1) is 14.1. The number of halogens is 1. The largest absolute Gasteiger partial charge is 0.493 e. The quantitative estimate of drug-likeness (QED) is 0.373. The molecular formula is C22H17IN2O4. The summed E-state index contributed by atoms with van der Waals surface area (Å²) in [5, 5.41) is 2.91. The third kappa shape index (κ3) is 3.91. The lowest BCUT2D eigenvalue weighted by atomic mass is 10.2. The van der Waals surface area contributed by atoms with Crippen molar-refractivity contribution in [3.8, 4) is 23.0 Å². The fourth-order valence-corrected chi connectivity index (χ4v) is 3.57. The minimum Gasteiger partial charge on any atom is -0.493 e. The van der Waals surface area contributed by atoms with Crippen molar-refractivity contribution in [2.75, 3.05) is 19.5 Å². The average molecular weight is 500 g/mol. The van der Waals surface area contributed by atoms with Crippen molar-refractivity contribution in [3.05, 3.63) is 69.8 Å². The zero-order valence-electron chi connectivity index (χ0n) is 15.7. The highest BCUT2D eigenvalue weighted by Crippen LogP contribution is 2.33. The van der Waals surface area contributed by atoms with Crippen molar-refractivity contribution < 1.29 is 18.7 Å². The molecule has 0 aliphatic heterocycles. The molecule has 0 spiro atoms. The number of oxazole rings is 1. The van der Waals surface area contributed by atoms with Crippen LogP contribution in [0.1, 0.15) is 10.4 Å². The topological polar surface area (TPSA) is 73.6 Å². The molecule has 0 aliphatic carbocycles. The van der Waals surface area contributed by atoms with E-state index in [-0.39, 0.29) is 5.91 Å². The highest BCUT2D eigenvalue weighted by Gasteiger charge is 2.14. The summed E-state index contributed by atoms with van der Waals surface area (Å²) in [6.07, 6.45) is 0. The molecular weight excluding hydrogens is 483 g/mol. The minimum absolute atomic E-state index is 0.169. The number of ether oxygens (including phenoxy) is 2. The summed E-state index contributed by atoms with van der Waals surface area (Å²) in [6.45, 7) is 0. The lowest BCUT2D eigenvalue weighted by Gasteiger charge is -2.07. The molecule has 0 radical (unpaired) electrons. The maximum absolute atomic E-state index is 12.5. The van der Waals surface area contributed by atoms with Crippen molar-refractivity contribution in [1.82, 2.24) is 4.98 Å². The first-order valence-corrected chi connectivity index (χ1v) is 9.86. The Morgan fingerprint density at radius 1 is 1.00 bits per heavy atom. The fraction of sp³-hybridized carbons (Fsp3) is 0.0909. The molecule has 0 saturated heterocycles. The molecule has 0 bridgehead atoms. The van der Waals surface area contributed by atoms with E-state index in [1.165, 1.54) is 0 Å². The molecule has 1 N–H and O–H groups in total. The van der Waals surface area contributed by atoms with Crippen LogP contribution >= 0.6 is 22.6 Å². The van der Waals surface area contributed by atoms with E-state index < -0.39 is 0 Å². The predicted octanol–water partition coefficient (Wildman–Crippen LogP) is 5.37. The number of nitrogens with one attached hydrogen (secondary N) is 1. The van der Waals surface area contributed by atoms with Crippen molar-refractivity contribution in [3.63, 3.8) is 0 Å². The number of rotatable bonds is 5. The van der Waals surface area contributed by atoms with Gasteiger partial charge >= 0.3 is 0 Å². The maximum Gasteiger partial charge on any atom is 0.256 e. The Morgan fingerprint density at radius 3 is 2.55 bits per heavy atom. The van der Waals surface area contributed by atoms with Gasteiger partial charge < -0.3 is 19.2 Å². The molecule has 1 aromatic heterocycles. The molecule has 7 heteroatoms. The standard InChI is InChI=1S/C22H17IN2O4/c1-27-19-9-7-13(11-20(19)28-2)22-25-17-12-14(8-10-18(17)29-22)24-21(26)15-5-3-4-6-16(15)23/h3-12H,1-2H3,(H,24,26). The third-order valence-electron chi connectivity index (χ3n) is 4.39. The van der Waals surface area contributed by atoms with Crippen LogP contribution in [0.25, 0.3) is 22.6 Å². The second-order valence-electron chi connectivity index (χ2n) is 6.21. The van der Waals surface area contributed by atoms with Gasteiger partial charge in [0.25, 0.3) is 5.91 Å². The van der Waals surface area contributed by atoms with Gasteiger partial charge in [-0.25, -0.2) is 4.98 Å². The minimum atomic E-state index is -0.169. The summed E-state index contributed by atoms with van der Waals surface area (Å²) in [7, 11) is 3.17. The summed E-state index contributed by atoms with van der Waals surface area (Å²) in [5.74, 6) is 1.52. The van der Waals surface area contributed by atoms with Crippen LogP contribution in [-0.2, 0) is 0 Å². The Morgan fingerprint density at radius 2 is 1.79 bits per heavy atom. The predicted molar refractivity (Wildman–Crippen MR) is 120 cm³/mol. The normalized spacial score (nSPS) is 10.7. The van der Waals surface area contributed by atoms with Crippen molar-refractivity contribution in [2.24, 2.45) is 0 Å². The molecule has 29 heavy (non-hydrogen) atoms. The molecule has 4 rings (SSSR count). The van der Waals surface area contributed by atoms with Crippen LogP contribution in [0.4, 0.5) is 5.69 Å². The van der Waals surface area contributed by atoms with Crippen LogP contribution in [0, 0.1) is 3.57 Å². The highest BCUT2D eigenvalue weighted by atomic mass is 127. The molecule has 1 heterocycles. The molecule has 4 aromatic rings. The Bertz CT molecular complexity index is 1200. The average Bonchev–Trinajstić information content (AvgIpc) is 3.17. The Kier molecular flexibility index (Phi) is 5.39. The molecule has 0 saturated carbocycles. The number of benzene rings is 3. The van der Waals surface area contributed by atoms with Gasteiger partial charge in [0.05, 0.1) is 19.8 Å². The second-order valence-corrected chi connectivity index (χ2v) is 7.37. The smallest absolute Gasteiger partial charge is 0.256 e. The summed E-state index contributed by atoms with van der Waals surface area (Å²) < 4.78 is 17.4. The highest BCUT2D eigenvalue weighted by molar-refractivity contribution is 14.1.